The summed E-state index contributed by atoms with van der Waals surface area (Å²) in [6.07, 6.45) is 5.31. The maximum Gasteiger partial charge on any atom is 0.267 e. The lowest BCUT2D eigenvalue weighted by atomic mass is 10.0. The number of hydroxylamine groups is 1. The Labute approximate surface area is 186 Å². The number of likely N-dealkylation sites (N-methyl/N-ethyl adjacent to an activating group) is 1. The predicted molar refractivity (Wildman–Crippen MR) is 125 cm³/mol. The number of likely N-dealkylation sites (tertiary alicyclic amines) is 1. The highest BCUT2D eigenvalue weighted by Gasteiger charge is 2.27. The number of benzene rings is 1. The lowest BCUT2D eigenvalue weighted by Gasteiger charge is -2.34. The van der Waals surface area contributed by atoms with Crippen molar-refractivity contribution in [2.24, 2.45) is 0 Å². The van der Waals surface area contributed by atoms with Crippen molar-refractivity contribution in [2.75, 3.05) is 19.6 Å². The number of piperidine rings is 1. The third-order valence-electron chi connectivity index (χ3n) is 5.82. The number of hydrogen-bond donors (Lipinski definition) is 2. The number of nitrogens with one attached hydrogen (secondary N) is 1. The highest BCUT2D eigenvalue weighted by Crippen LogP contribution is 2.38. The summed E-state index contributed by atoms with van der Waals surface area (Å²) in [7, 11) is 0. The number of aryl methyl sites for hydroxylation is 1. The van der Waals surface area contributed by atoms with Gasteiger partial charge >= 0.3 is 0 Å². The molecule has 0 radical (unpaired) electrons. The molecule has 0 bridgehead atoms. The number of thiophene rings is 1. The van der Waals surface area contributed by atoms with E-state index in [-0.39, 0.29) is 0 Å². The van der Waals surface area contributed by atoms with E-state index in [1.54, 1.807) is 22.9 Å². The third-order valence-corrected chi connectivity index (χ3v) is 6.69. The van der Waals surface area contributed by atoms with Crippen LogP contribution < -0.4 is 5.48 Å². The Morgan fingerprint density at radius 1 is 1.35 bits per heavy atom. The maximum atomic E-state index is 11.4. The van der Waals surface area contributed by atoms with Crippen molar-refractivity contribution in [2.45, 2.75) is 32.7 Å². The van der Waals surface area contributed by atoms with E-state index >= 15 is 0 Å². The molecule has 1 fully saturated rings. The van der Waals surface area contributed by atoms with Crippen LogP contribution in [0.5, 0.6) is 0 Å². The van der Waals surface area contributed by atoms with E-state index in [0.29, 0.717) is 6.04 Å². The second-order valence-electron chi connectivity index (χ2n) is 7.84. The normalized spacial score (nSPS) is 17.3. The summed E-state index contributed by atoms with van der Waals surface area (Å²) < 4.78 is 2.44. The molecule has 4 rings (SSSR count). The van der Waals surface area contributed by atoms with Gasteiger partial charge in [-0.15, -0.1) is 11.3 Å². The predicted octanol–water partition coefficient (Wildman–Crippen LogP) is 4.76. The standard InChI is InChI=1S/C24H28N4O2S/c1-3-27-13-5-9-20(16-27)28-23(21-10-6-14-31-21)17(2)25-24(28)19-8-4-7-18(15-19)11-12-22(29)26-30/h4,6-8,10-12,14-15,20,30H,3,5,9,13,16H2,1-2H3,(H,26,29)/b12-11+/t20-/m1/s1. The lowest BCUT2D eigenvalue weighted by Crippen LogP contribution is -2.36. The number of amides is 1. The molecule has 1 saturated heterocycles. The largest absolute Gasteiger partial charge is 0.319 e. The minimum Gasteiger partial charge on any atom is -0.319 e. The van der Waals surface area contributed by atoms with Gasteiger partial charge < -0.3 is 9.47 Å². The molecule has 31 heavy (non-hydrogen) atoms. The summed E-state index contributed by atoms with van der Waals surface area (Å²) in [5, 5.41) is 10.8. The van der Waals surface area contributed by atoms with Crippen LogP contribution >= 0.6 is 11.3 Å². The molecule has 3 aromatic rings. The monoisotopic (exact) mass is 436 g/mol. The van der Waals surface area contributed by atoms with Crippen molar-refractivity contribution in [3.63, 3.8) is 0 Å². The number of carbonyl (C=O) groups is 1. The van der Waals surface area contributed by atoms with Gasteiger partial charge in [-0.25, -0.2) is 10.5 Å². The average Bonchev–Trinajstić information content (AvgIpc) is 3.45. The van der Waals surface area contributed by atoms with E-state index in [0.717, 1.165) is 48.7 Å². The van der Waals surface area contributed by atoms with Crippen molar-refractivity contribution >= 4 is 23.3 Å². The first kappa shape index (κ1) is 21.5. The van der Waals surface area contributed by atoms with Gasteiger partial charge in [-0.1, -0.05) is 31.2 Å². The first-order chi connectivity index (χ1) is 15.1. The summed E-state index contributed by atoms with van der Waals surface area (Å²) in [5.41, 5.74) is 5.76. The van der Waals surface area contributed by atoms with Crippen LogP contribution in [-0.4, -0.2) is 45.2 Å². The highest BCUT2D eigenvalue weighted by atomic mass is 32.1. The molecule has 1 aromatic carbocycles. The first-order valence-electron chi connectivity index (χ1n) is 10.7. The zero-order valence-corrected chi connectivity index (χ0v) is 18.7. The molecular formula is C24H28N4O2S. The third kappa shape index (κ3) is 4.63. The van der Waals surface area contributed by atoms with Gasteiger partial charge in [0.25, 0.3) is 5.91 Å². The summed E-state index contributed by atoms with van der Waals surface area (Å²) >= 11 is 1.75. The van der Waals surface area contributed by atoms with Gasteiger partial charge in [0.1, 0.15) is 5.82 Å². The fourth-order valence-electron chi connectivity index (χ4n) is 4.34. The van der Waals surface area contributed by atoms with Gasteiger partial charge in [-0.3, -0.25) is 10.0 Å². The van der Waals surface area contributed by atoms with Gasteiger partial charge in [0.05, 0.1) is 16.3 Å². The molecule has 7 heteroatoms. The van der Waals surface area contributed by atoms with E-state index < -0.39 is 5.91 Å². The SMILES string of the molecule is CCN1CCC[C@@H](n2c(-c3cccc(/C=C/C(=O)NO)c3)nc(C)c2-c2cccs2)C1. The van der Waals surface area contributed by atoms with Gasteiger partial charge in [-0.05, 0) is 62.0 Å². The van der Waals surface area contributed by atoms with E-state index in [1.807, 2.05) is 18.2 Å². The highest BCUT2D eigenvalue weighted by molar-refractivity contribution is 7.13. The molecule has 1 aliphatic heterocycles. The second kappa shape index (κ2) is 9.60. The van der Waals surface area contributed by atoms with Crippen LogP contribution in [0.2, 0.25) is 0 Å². The Bertz CT molecular complexity index is 1070. The van der Waals surface area contributed by atoms with Crippen molar-refractivity contribution in [3.05, 3.63) is 59.1 Å². The molecule has 0 saturated carbocycles. The van der Waals surface area contributed by atoms with Crippen molar-refractivity contribution in [1.29, 1.82) is 0 Å². The summed E-state index contributed by atoms with van der Waals surface area (Å²) in [6.45, 7) is 7.54. The number of imidazole rings is 1. The van der Waals surface area contributed by atoms with Gasteiger partial charge in [0, 0.05) is 24.2 Å². The molecule has 2 aromatic heterocycles. The fraction of sp³-hybridized carbons (Fsp3) is 0.333. The van der Waals surface area contributed by atoms with Crippen LogP contribution in [-0.2, 0) is 4.79 Å². The Morgan fingerprint density at radius 2 is 2.23 bits per heavy atom. The summed E-state index contributed by atoms with van der Waals surface area (Å²) in [6, 6.07) is 12.6. The number of hydrogen-bond acceptors (Lipinski definition) is 5. The van der Waals surface area contributed by atoms with E-state index in [9.17, 15) is 4.79 Å². The molecule has 0 unspecified atom stereocenters. The van der Waals surface area contributed by atoms with Crippen LogP contribution in [0.1, 0.15) is 37.1 Å². The van der Waals surface area contributed by atoms with Gasteiger partial charge in [0.2, 0.25) is 0 Å². The maximum absolute atomic E-state index is 11.4. The number of rotatable bonds is 6. The molecule has 0 aliphatic carbocycles. The van der Waals surface area contributed by atoms with Crippen molar-refractivity contribution in [1.82, 2.24) is 19.9 Å². The molecule has 1 aliphatic rings. The van der Waals surface area contributed by atoms with E-state index in [4.69, 9.17) is 10.2 Å². The van der Waals surface area contributed by atoms with Crippen LogP contribution in [0.3, 0.4) is 0 Å². The molecular weight excluding hydrogens is 408 g/mol. The molecule has 0 spiro atoms. The van der Waals surface area contributed by atoms with E-state index in [2.05, 4.69) is 46.9 Å². The van der Waals surface area contributed by atoms with Crippen LogP contribution in [0, 0.1) is 6.92 Å². The average molecular weight is 437 g/mol. The molecule has 6 nitrogen and oxygen atoms in total. The van der Waals surface area contributed by atoms with Crippen LogP contribution in [0.4, 0.5) is 0 Å². The summed E-state index contributed by atoms with van der Waals surface area (Å²) in [4.78, 5) is 20.1. The molecule has 1 atom stereocenters. The van der Waals surface area contributed by atoms with Crippen LogP contribution in [0.25, 0.3) is 28.0 Å². The van der Waals surface area contributed by atoms with Gasteiger partial charge in [0.15, 0.2) is 0 Å². The Morgan fingerprint density at radius 3 is 2.97 bits per heavy atom. The Hall–Kier alpha value is -2.74. The zero-order chi connectivity index (χ0) is 21.8. The van der Waals surface area contributed by atoms with Crippen molar-refractivity contribution in [3.8, 4) is 22.0 Å². The Balaban J connectivity index is 1.81. The smallest absolute Gasteiger partial charge is 0.267 e. The quantitative estimate of drug-likeness (QED) is 0.332. The number of nitrogens with zero attached hydrogens (tertiary/aromatic N) is 3. The second-order valence-corrected chi connectivity index (χ2v) is 8.79. The molecule has 1 amide bonds. The number of carbonyl (C=O) groups excluding carboxylic acids is 1. The number of aromatic nitrogens is 2. The molecule has 162 valence electrons. The van der Waals surface area contributed by atoms with Gasteiger partial charge in [-0.2, -0.15) is 0 Å². The Kier molecular flexibility index (Phi) is 6.65. The fourth-order valence-corrected chi connectivity index (χ4v) is 5.15. The summed E-state index contributed by atoms with van der Waals surface area (Å²) in [5.74, 6) is 0.412. The first-order valence-corrected chi connectivity index (χ1v) is 11.6. The minimum atomic E-state index is -0.551. The molecule has 2 N–H and O–H groups in total. The minimum absolute atomic E-state index is 0.362. The van der Waals surface area contributed by atoms with Crippen molar-refractivity contribution < 1.29 is 10.0 Å². The zero-order valence-electron chi connectivity index (χ0n) is 17.9. The van der Waals surface area contributed by atoms with E-state index in [1.165, 1.54) is 23.1 Å². The topological polar surface area (TPSA) is 70.4 Å². The lowest BCUT2D eigenvalue weighted by molar-refractivity contribution is -0.124. The van der Waals surface area contributed by atoms with Crippen LogP contribution in [0.15, 0.2) is 47.9 Å². The molecule has 3 heterocycles.